The van der Waals surface area contributed by atoms with E-state index in [4.69, 9.17) is 11.6 Å². The molecule has 2 heterocycles. The number of aromatic carboxylic acids is 1. The minimum atomic E-state index is -1.05. The lowest BCUT2D eigenvalue weighted by Gasteiger charge is -2.03. The van der Waals surface area contributed by atoms with E-state index in [1.54, 1.807) is 37.3 Å². The first kappa shape index (κ1) is 14.1. The maximum Gasteiger partial charge on any atom is 0.354 e. The molecular weight excluding hydrogens is 280 g/mol. The van der Waals surface area contributed by atoms with E-state index in [9.17, 15) is 9.90 Å². The molecule has 0 bridgehead atoms. The van der Waals surface area contributed by atoms with Crippen molar-refractivity contribution in [2.24, 2.45) is 5.10 Å². The highest BCUT2D eigenvalue weighted by atomic mass is 35.5. The van der Waals surface area contributed by atoms with Crippen molar-refractivity contribution in [3.8, 4) is 11.3 Å². The zero-order valence-electron chi connectivity index (χ0n) is 11.0. The summed E-state index contributed by atoms with van der Waals surface area (Å²) < 4.78 is 1.30. The molecule has 0 saturated heterocycles. The van der Waals surface area contributed by atoms with Crippen LogP contribution < -0.4 is 0 Å². The summed E-state index contributed by atoms with van der Waals surface area (Å²) in [5.41, 5.74) is 1.36. The van der Waals surface area contributed by atoms with Crippen LogP contribution in [-0.4, -0.2) is 46.1 Å². The van der Waals surface area contributed by atoms with Crippen molar-refractivity contribution in [2.75, 3.05) is 14.1 Å². The first-order valence-corrected chi connectivity index (χ1v) is 6.13. The van der Waals surface area contributed by atoms with Gasteiger partial charge in [-0.3, -0.25) is 4.98 Å². The highest BCUT2D eigenvalue weighted by Gasteiger charge is 2.13. The van der Waals surface area contributed by atoms with E-state index in [1.165, 1.54) is 23.3 Å². The average molecular weight is 293 g/mol. The SMILES string of the molecule is CN(C)C=Nn1cc(-c2ccc(Cl)cn2)cc1C(=O)O. The van der Waals surface area contributed by atoms with Gasteiger partial charge in [-0.2, -0.15) is 5.10 Å². The van der Waals surface area contributed by atoms with Crippen LogP contribution in [0, 0.1) is 0 Å². The van der Waals surface area contributed by atoms with E-state index < -0.39 is 5.97 Å². The lowest BCUT2D eigenvalue weighted by molar-refractivity contribution is 0.0686. The van der Waals surface area contributed by atoms with E-state index in [-0.39, 0.29) is 5.69 Å². The molecule has 6 nitrogen and oxygen atoms in total. The summed E-state index contributed by atoms with van der Waals surface area (Å²) >= 11 is 5.78. The van der Waals surface area contributed by atoms with E-state index in [0.29, 0.717) is 16.3 Å². The maximum atomic E-state index is 11.2. The fourth-order valence-electron chi connectivity index (χ4n) is 1.55. The van der Waals surface area contributed by atoms with Crippen LogP contribution in [0.25, 0.3) is 11.3 Å². The summed E-state index contributed by atoms with van der Waals surface area (Å²) in [6.45, 7) is 0. The van der Waals surface area contributed by atoms with Gasteiger partial charge in [0.25, 0.3) is 0 Å². The number of carboxylic acid groups (broad SMARTS) is 1. The molecule has 2 rings (SSSR count). The zero-order chi connectivity index (χ0) is 14.7. The Morgan fingerprint density at radius 1 is 1.50 bits per heavy atom. The van der Waals surface area contributed by atoms with Crippen molar-refractivity contribution in [3.05, 3.63) is 41.3 Å². The number of hydrogen-bond acceptors (Lipinski definition) is 3. The molecule has 0 amide bonds. The molecule has 0 saturated carbocycles. The molecule has 0 aliphatic carbocycles. The van der Waals surface area contributed by atoms with Crippen molar-refractivity contribution in [2.45, 2.75) is 0 Å². The van der Waals surface area contributed by atoms with Crippen LogP contribution in [0.4, 0.5) is 0 Å². The number of carbonyl (C=O) groups is 1. The van der Waals surface area contributed by atoms with Crippen LogP contribution in [0.1, 0.15) is 10.5 Å². The quantitative estimate of drug-likeness (QED) is 0.693. The Bertz CT molecular complexity index is 647. The molecule has 0 fully saturated rings. The molecular formula is C13H13ClN4O2. The zero-order valence-corrected chi connectivity index (χ0v) is 11.7. The summed E-state index contributed by atoms with van der Waals surface area (Å²) in [5.74, 6) is -1.05. The van der Waals surface area contributed by atoms with Gasteiger partial charge >= 0.3 is 5.97 Å². The summed E-state index contributed by atoms with van der Waals surface area (Å²) in [4.78, 5) is 17.1. The van der Waals surface area contributed by atoms with Gasteiger partial charge in [0.05, 0.1) is 10.7 Å². The molecule has 20 heavy (non-hydrogen) atoms. The van der Waals surface area contributed by atoms with Crippen molar-refractivity contribution in [3.63, 3.8) is 0 Å². The number of carboxylic acids is 1. The fraction of sp³-hybridized carbons (Fsp3) is 0.154. The van der Waals surface area contributed by atoms with Crippen LogP contribution in [0.2, 0.25) is 5.02 Å². The van der Waals surface area contributed by atoms with Crippen LogP contribution in [0.15, 0.2) is 35.7 Å². The van der Waals surface area contributed by atoms with E-state index in [0.717, 1.165) is 0 Å². The Hall–Kier alpha value is -2.34. The first-order chi connectivity index (χ1) is 9.47. The van der Waals surface area contributed by atoms with Crippen molar-refractivity contribution in [1.29, 1.82) is 0 Å². The normalized spacial score (nSPS) is 10.9. The van der Waals surface area contributed by atoms with E-state index in [2.05, 4.69) is 10.1 Å². The van der Waals surface area contributed by atoms with Crippen LogP contribution in [0.5, 0.6) is 0 Å². The molecule has 0 aliphatic heterocycles. The standard InChI is InChI=1S/C13H13ClN4O2/c1-17(2)8-16-18-7-9(5-12(18)13(19)20)11-4-3-10(14)6-15-11/h3-8H,1-2H3,(H,19,20). The lowest BCUT2D eigenvalue weighted by atomic mass is 10.2. The van der Waals surface area contributed by atoms with Gasteiger partial charge in [-0.05, 0) is 18.2 Å². The Morgan fingerprint density at radius 3 is 2.80 bits per heavy atom. The third kappa shape index (κ3) is 3.16. The summed E-state index contributed by atoms with van der Waals surface area (Å²) in [5, 5.41) is 13.8. The van der Waals surface area contributed by atoms with Crippen molar-refractivity contribution in [1.82, 2.24) is 14.6 Å². The predicted octanol–water partition coefficient (Wildman–Crippen LogP) is 2.25. The van der Waals surface area contributed by atoms with Gasteiger partial charge in [0.15, 0.2) is 5.69 Å². The number of hydrogen-bond donors (Lipinski definition) is 1. The van der Waals surface area contributed by atoms with Gasteiger partial charge in [-0.1, -0.05) is 11.6 Å². The molecule has 104 valence electrons. The van der Waals surface area contributed by atoms with Gasteiger partial charge in [0.2, 0.25) is 0 Å². The molecule has 0 aromatic carbocycles. The molecule has 2 aromatic heterocycles. The number of halogens is 1. The highest BCUT2D eigenvalue weighted by Crippen LogP contribution is 2.21. The first-order valence-electron chi connectivity index (χ1n) is 5.76. The Balaban J connectivity index is 2.43. The van der Waals surface area contributed by atoms with E-state index >= 15 is 0 Å². The molecule has 0 aliphatic rings. The van der Waals surface area contributed by atoms with Gasteiger partial charge in [-0.15, -0.1) is 0 Å². The van der Waals surface area contributed by atoms with Gasteiger partial charge < -0.3 is 10.0 Å². The smallest absolute Gasteiger partial charge is 0.354 e. The fourth-order valence-corrected chi connectivity index (χ4v) is 1.66. The van der Waals surface area contributed by atoms with Gasteiger partial charge in [-0.25, -0.2) is 9.47 Å². The van der Waals surface area contributed by atoms with E-state index in [1.807, 2.05) is 0 Å². The largest absolute Gasteiger partial charge is 0.477 e. The van der Waals surface area contributed by atoms with Gasteiger partial charge in [0, 0.05) is 32.1 Å². The second-order valence-corrected chi connectivity index (χ2v) is 4.76. The Kier molecular flexibility index (Phi) is 4.05. The van der Waals surface area contributed by atoms with Gasteiger partial charge in [0.1, 0.15) is 6.34 Å². The topological polar surface area (TPSA) is 70.7 Å². The molecule has 0 radical (unpaired) electrons. The third-order valence-corrected chi connectivity index (χ3v) is 2.67. The van der Waals surface area contributed by atoms with Crippen LogP contribution in [-0.2, 0) is 0 Å². The minimum absolute atomic E-state index is 0.0647. The van der Waals surface area contributed by atoms with Crippen molar-refractivity contribution < 1.29 is 9.90 Å². The Labute approximate surface area is 120 Å². The Morgan fingerprint density at radius 2 is 2.25 bits per heavy atom. The molecule has 2 aromatic rings. The number of rotatable bonds is 4. The maximum absolute atomic E-state index is 11.2. The number of aromatic nitrogens is 2. The molecule has 1 N–H and O–H groups in total. The monoisotopic (exact) mass is 292 g/mol. The number of pyridine rings is 1. The summed E-state index contributed by atoms with van der Waals surface area (Å²) in [6, 6.07) is 4.94. The number of nitrogens with zero attached hydrogens (tertiary/aromatic N) is 4. The minimum Gasteiger partial charge on any atom is -0.477 e. The average Bonchev–Trinajstić information content (AvgIpc) is 2.81. The summed E-state index contributed by atoms with van der Waals surface area (Å²) in [7, 11) is 3.60. The molecule has 0 spiro atoms. The van der Waals surface area contributed by atoms with Crippen LogP contribution >= 0.6 is 11.6 Å². The predicted molar refractivity (Wildman–Crippen MR) is 77.2 cm³/mol. The molecule has 0 unspecified atom stereocenters. The second kappa shape index (κ2) is 5.75. The lowest BCUT2D eigenvalue weighted by Crippen LogP contribution is -2.11. The third-order valence-electron chi connectivity index (χ3n) is 2.45. The highest BCUT2D eigenvalue weighted by molar-refractivity contribution is 6.30. The van der Waals surface area contributed by atoms with Crippen molar-refractivity contribution >= 4 is 23.9 Å². The molecule has 7 heteroatoms. The second-order valence-electron chi connectivity index (χ2n) is 4.32. The molecule has 0 atom stereocenters. The summed E-state index contributed by atoms with van der Waals surface area (Å²) in [6.07, 6.45) is 4.64. The van der Waals surface area contributed by atoms with Crippen LogP contribution in [0.3, 0.4) is 0 Å².